The van der Waals surface area contributed by atoms with Crippen LogP contribution in [-0.4, -0.2) is 16.2 Å². The number of benzene rings is 2. The minimum atomic E-state index is -0.455. The highest BCUT2D eigenvalue weighted by atomic mass is 16.5. The number of hydrogen-bond acceptors (Lipinski definition) is 3. The van der Waals surface area contributed by atoms with E-state index in [1.807, 2.05) is 30.3 Å². The fraction of sp³-hybridized carbons (Fsp3) is 0.208. The van der Waals surface area contributed by atoms with Crippen LogP contribution >= 0.6 is 0 Å². The Labute approximate surface area is 161 Å². The van der Waals surface area contributed by atoms with Crippen LogP contribution in [0.2, 0.25) is 0 Å². The molecule has 0 radical (unpaired) electrons. The van der Waals surface area contributed by atoms with E-state index in [9.17, 15) is 5.11 Å². The second-order valence-corrected chi connectivity index (χ2v) is 6.69. The Morgan fingerprint density at radius 3 is 2.26 bits per heavy atom. The standard InChI is InChI=1S/C24H25NO2/c1-3-5-19-7-9-20(10-8-19)21-11-13-23(14-12-21)27-24(16-18(2)26)22-6-4-15-25-17-22/h3-4,6-15,17-18,24,26H,1,5,16H2,2H3. The first kappa shape index (κ1) is 18.9. The van der Waals surface area contributed by atoms with Gasteiger partial charge in [-0.1, -0.05) is 48.5 Å². The first-order chi connectivity index (χ1) is 13.2. The highest BCUT2D eigenvalue weighted by Crippen LogP contribution is 2.28. The van der Waals surface area contributed by atoms with Gasteiger partial charge in [-0.05, 0) is 48.2 Å². The highest BCUT2D eigenvalue weighted by Gasteiger charge is 2.16. The van der Waals surface area contributed by atoms with Gasteiger partial charge in [-0.15, -0.1) is 6.58 Å². The molecule has 2 unspecified atom stereocenters. The maximum atomic E-state index is 9.81. The van der Waals surface area contributed by atoms with E-state index in [2.05, 4.69) is 48.0 Å². The lowest BCUT2D eigenvalue weighted by Gasteiger charge is -2.21. The van der Waals surface area contributed by atoms with Crippen molar-refractivity contribution in [1.82, 2.24) is 4.98 Å². The van der Waals surface area contributed by atoms with Crippen molar-refractivity contribution < 1.29 is 9.84 Å². The molecule has 2 atom stereocenters. The summed E-state index contributed by atoms with van der Waals surface area (Å²) in [5.74, 6) is 0.775. The topological polar surface area (TPSA) is 42.4 Å². The van der Waals surface area contributed by atoms with Gasteiger partial charge in [-0.25, -0.2) is 0 Å². The maximum absolute atomic E-state index is 9.81. The normalized spacial score (nSPS) is 13.0. The van der Waals surface area contributed by atoms with Crippen LogP contribution in [0.1, 0.15) is 30.6 Å². The van der Waals surface area contributed by atoms with Gasteiger partial charge in [0.25, 0.3) is 0 Å². The van der Waals surface area contributed by atoms with Crippen LogP contribution in [0.15, 0.2) is 85.7 Å². The first-order valence-corrected chi connectivity index (χ1v) is 9.20. The molecule has 2 aromatic carbocycles. The first-order valence-electron chi connectivity index (χ1n) is 9.20. The fourth-order valence-electron chi connectivity index (χ4n) is 3.02. The van der Waals surface area contributed by atoms with Crippen LogP contribution in [0.3, 0.4) is 0 Å². The van der Waals surface area contributed by atoms with Gasteiger partial charge in [0.05, 0.1) is 6.10 Å². The molecule has 0 amide bonds. The molecule has 27 heavy (non-hydrogen) atoms. The second-order valence-electron chi connectivity index (χ2n) is 6.69. The molecule has 0 saturated heterocycles. The summed E-state index contributed by atoms with van der Waals surface area (Å²) >= 11 is 0. The highest BCUT2D eigenvalue weighted by molar-refractivity contribution is 5.64. The second kappa shape index (κ2) is 9.15. The van der Waals surface area contributed by atoms with Gasteiger partial charge in [0, 0.05) is 24.4 Å². The van der Waals surface area contributed by atoms with Gasteiger partial charge < -0.3 is 9.84 Å². The predicted octanol–water partition coefficient (Wildman–Crippen LogP) is 5.37. The molecule has 138 valence electrons. The number of aliphatic hydroxyl groups is 1. The predicted molar refractivity (Wildman–Crippen MR) is 110 cm³/mol. The number of pyridine rings is 1. The molecular weight excluding hydrogens is 334 g/mol. The van der Waals surface area contributed by atoms with Crippen LogP contribution in [0.4, 0.5) is 0 Å². The quantitative estimate of drug-likeness (QED) is 0.550. The van der Waals surface area contributed by atoms with Crippen LogP contribution in [0, 0.1) is 0 Å². The van der Waals surface area contributed by atoms with E-state index < -0.39 is 6.10 Å². The molecule has 0 spiro atoms. The third-order valence-electron chi connectivity index (χ3n) is 4.41. The van der Waals surface area contributed by atoms with E-state index in [1.165, 1.54) is 11.1 Å². The zero-order valence-electron chi connectivity index (χ0n) is 15.6. The third kappa shape index (κ3) is 5.28. The molecule has 0 bridgehead atoms. The average Bonchev–Trinajstić information content (AvgIpc) is 2.69. The summed E-state index contributed by atoms with van der Waals surface area (Å²) in [4.78, 5) is 4.16. The van der Waals surface area contributed by atoms with Crippen LogP contribution in [0.5, 0.6) is 5.75 Å². The Balaban J connectivity index is 1.74. The number of ether oxygens (including phenoxy) is 1. The van der Waals surface area contributed by atoms with Gasteiger partial charge in [-0.3, -0.25) is 4.98 Å². The van der Waals surface area contributed by atoms with E-state index in [1.54, 1.807) is 19.3 Å². The van der Waals surface area contributed by atoms with Crippen molar-refractivity contribution in [3.63, 3.8) is 0 Å². The van der Waals surface area contributed by atoms with E-state index in [-0.39, 0.29) is 6.10 Å². The third-order valence-corrected chi connectivity index (χ3v) is 4.41. The van der Waals surface area contributed by atoms with Crippen molar-refractivity contribution in [2.45, 2.75) is 32.0 Å². The number of hydrogen-bond donors (Lipinski definition) is 1. The molecule has 0 saturated carbocycles. The summed E-state index contributed by atoms with van der Waals surface area (Å²) in [7, 11) is 0. The van der Waals surface area contributed by atoms with Crippen molar-refractivity contribution in [3.05, 3.63) is 96.8 Å². The lowest BCUT2D eigenvalue weighted by molar-refractivity contribution is 0.106. The molecule has 0 fully saturated rings. The van der Waals surface area contributed by atoms with Crippen LogP contribution in [-0.2, 0) is 6.42 Å². The van der Waals surface area contributed by atoms with E-state index >= 15 is 0 Å². The lowest BCUT2D eigenvalue weighted by atomic mass is 10.0. The summed E-state index contributed by atoms with van der Waals surface area (Å²) in [6.07, 6.45) is 6.13. The fourth-order valence-corrected chi connectivity index (χ4v) is 3.02. The number of rotatable bonds is 8. The van der Waals surface area contributed by atoms with Crippen LogP contribution in [0.25, 0.3) is 11.1 Å². The van der Waals surface area contributed by atoms with Crippen molar-refractivity contribution in [2.75, 3.05) is 0 Å². The smallest absolute Gasteiger partial charge is 0.128 e. The molecule has 1 heterocycles. The van der Waals surface area contributed by atoms with Gasteiger partial charge in [0.15, 0.2) is 0 Å². The number of aromatic nitrogens is 1. The molecule has 0 aliphatic rings. The number of aliphatic hydroxyl groups excluding tert-OH is 1. The molecule has 0 aliphatic carbocycles. The van der Waals surface area contributed by atoms with E-state index in [0.717, 1.165) is 23.3 Å². The Bertz CT molecular complexity index is 840. The molecule has 3 rings (SSSR count). The minimum absolute atomic E-state index is 0.234. The molecule has 0 aliphatic heterocycles. The Hall–Kier alpha value is -2.91. The van der Waals surface area contributed by atoms with Crippen molar-refractivity contribution in [2.24, 2.45) is 0 Å². The average molecular weight is 359 g/mol. The Morgan fingerprint density at radius 1 is 1.04 bits per heavy atom. The maximum Gasteiger partial charge on any atom is 0.128 e. The van der Waals surface area contributed by atoms with Gasteiger partial charge >= 0.3 is 0 Å². The zero-order chi connectivity index (χ0) is 19.1. The SMILES string of the molecule is C=CCc1ccc(-c2ccc(OC(CC(C)O)c3cccnc3)cc2)cc1. The number of nitrogens with zero attached hydrogens (tertiary/aromatic N) is 1. The number of allylic oxidation sites excluding steroid dienone is 1. The van der Waals surface area contributed by atoms with Gasteiger partial charge in [-0.2, -0.15) is 0 Å². The Kier molecular flexibility index (Phi) is 6.39. The minimum Gasteiger partial charge on any atom is -0.486 e. The van der Waals surface area contributed by atoms with Crippen LogP contribution < -0.4 is 4.74 Å². The van der Waals surface area contributed by atoms with Crippen molar-refractivity contribution in [1.29, 1.82) is 0 Å². The summed E-state index contributed by atoms with van der Waals surface area (Å²) < 4.78 is 6.14. The largest absolute Gasteiger partial charge is 0.486 e. The lowest BCUT2D eigenvalue weighted by Crippen LogP contribution is -2.14. The van der Waals surface area contributed by atoms with E-state index in [4.69, 9.17) is 4.74 Å². The summed E-state index contributed by atoms with van der Waals surface area (Å²) in [5.41, 5.74) is 4.52. The van der Waals surface area contributed by atoms with Gasteiger partial charge in [0.2, 0.25) is 0 Å². The molecule has 3 nitrogen and oxygen atoms in total. The molecule has 1 N–H and O–H groups in total. The zero-order valence-corrected chi connectivity index (χ0v) is 15.6. The summed E-state index contributed by atoms with van der Waals surface area (Å²) in [6, 6.07) is 20.4. The summed E-state index contributed by atoms with van der Waals surface area (Å²) in [5, 5.41) is 9.81. The Morgan fingerprint density at radius 2 is 1.70 bits per heavy atom. The van der Waals surface area contributed by atoms with Crippen molar-refractivity contribution >= 4 is 0 Å². The molecule has 3 heteroatoms. The molecule has 1 aromatic heterocycles. The molecular formula is C24H25NO2. The monoisotopic (exact) mass is 359 g/mol. The molecule has 3 aromatic rings. The van der Waals surface area contributed by atoms with E-state index in [0.29, 0.717) is 6.42 Å². The van der Waals surface area contributed by atoms with Gasteiger partial charge in [0.1, 0.15) is 11.9 Å². The summed E-state index contributed by atoms with van der Waals surface area (Å²) in [6.45, 7) is 5.55. The van der Waals surface area contributed by atoms with Crippen molar-refractivity contribution in [3.8, 4) is 16.9 Å².